The number of benzene rings is 8. The van der Waals surface area contributed by atoms with Gasteiger partial charge < -0.3 is 0 Å². The van der Waals surface area contributed by atoms with Crippen LogP contribution < -0.4 is 53.1 Å². The fourth-order valence-corrected chi connectivity index (χ4v) is 15.4. The van der Waals surface area contributed by atoms with E-state index in [4.69, 9.17) is 0 Å². The molecule has 0 spiro atoms. The van der Waals surface area contributed by atoms with E-state index < -0.39 is 23.8 Å². The zero-order chi connectivity index (χ0) is 46.8. The quantitative estimate of drug-likeness (QED) is 0.0840. The van der Waals surface area contributed by atoms with Gasteiger partial charge in [-0.1, -0.05) is 259 Å². The van der Waals surface area contributed by atoms with E-state index in [0.717, 1.165) is 6.16 Å². The molecule has 0 aromatic heterocycles. The number of hydrogen-bond donors (Lipinski definition) is 2. The first-order valence-corrected chi connectivity index (χ1v) is 27.8. The van der Waals surface area contributed by atoms with Gasteiger partial charge in [0.2, 0.25) is 0 Å². The van der Waals surface area contributed by atoms with Crippen molar-refractivity contribution in [2.45, 2.75) is 46.2 Å². The Morgan fingerprint density at radius 1 is 0.418 bits per heavy atom. The third-order valence-electron chi connectivity index (χ3n) is 11.6. The highest BCUT2D eigenvalue weighted by atomic mass is 31.1. The van der Waals surface area contributed by atoms with Crippen LogP contribution in [-0.4, -0.2) is 18.1 Å². The third-order valence-corrected chi connectivity index (χ3v) is 18.8. The molecule has 2 N–H and O–H groups in total. The Hall–Kier alpha value is -5.59. The minimum absolute atomic E-state index is 0.0839. The average molecular weight is 932 g/mol. The molecule has 0 radical (unpaired) electrons. The van der Waals surface area contributed by atoms with E-state index in [2.05, 4.69) is 266 Å². The zero-order valence-corrected chi connectivity index (χ0v) is 42.2. The standard InChI is InChI=1S/C57H52N3P3.2C2H6/c1-3-4-20-40-61(47-27-10-5-11-28-47)52-37-22-25-45(42-52)56-58-55(44-24-21-38-53(41-44)62(48-29-12-6-13-30-48)49-31-14-7-15-32-49)59-57(60(56)2)46-26-23-39-54(43-46)63(50-33-16-8-17-34-50)51-35-18-9-19-36-51;2*1-2/h3-39,41-43,55-59H,1,40H2,2H3;2*1-2H3/b20-4-;;. The molecule has 8 aromatic carbocycles. The predicted octanol–water partition coefficient (Wildman–Crippen LogP) is 12.0. The molecule has 6 heteroatoms. The number of nitrogens with one attached hydrogen (secondary N) is 2. The summed E-state index contributed by atoms with van der Waals surface area (Å²) >= 11 is 0. The van der Waals surface area contributed by atoms with E-state index in [1.807, 2.05) is 33.8 Å². The van der Waals surface area contributed by atoms with Crippen LogP contribution in [0.3, 0.4) is 0 Å². The van der Waals surface area contributed by atoms with Gasteiger partial charge in [-0.25, -0.2) is 0 Å². The lowest BCUT2D eigenvalue weighted by molar-refractivity contribution is 0.0417. The molecule has 1 heterocycles. The van der Waals surface area contributed by atoms with Crippen LogP contribution in [0.1, 0.15) is 62.9 Å². The highest BCUT2D eigenvalue weighted by molar-refractivity contribution is 7.80. The Balaban J connectivity index is 0.00000162. The van der Waals surface area contributed by atoms with Crippen molar-refractivity contribution in [1.29, 1.82) is 0 Å². The molecule has 0 aliphatic carbocycles. The first-order valence-electron chi connectivity index (χ1n) is 23.6. The second-order valence-corrected chi connectivity index (χ2v) is 22.3. The third kappa shape index (κ3) is 12.3. The second kappa shape index (κ2) is 25.5. The van der Waals surface area contributed by atoms with Gasteiger partial charge in [0.25, 0.3) is 0 Å². The number of allylic oxidation sites excluding steroid dienone is 3. The highest BCUT2D eigenvalue weighted by Gasteiger charge is 2.36. The van der Waals surface area contributed by atoms with Crippen LogP contribution in [0.25, 0.3) is 0 Å². The first kappa shape index (κ1) is 49.3. The maximum absolute atomic E-state index is 4.14. The van der Waals surface area contributed by atoms with Crippen molar-refractivity contribution in [3.05, 3.63) is 266 Å². The maximum atomic E-state index is 4.14. The van der Waals surface area contributed by atoms with Gasteiger partial charge in [0.1, 0.15) is 0 Å². The van der Waals surface area contributed by atoms with E-state index in [0.29, 0.717) is 0 Å². The summed E-state index contributed by atoms with van der Waals surface area (Å²) < 4.78 is 0. The van der Waals surface area contributed by atoms with Gasteiger partial charge in [0.15, 0.2) is 0 Å². The summed E-state index contributed by atoms with van der Waals surface area (Å²) in [4.78, 5) is 2.48. The van der Waals surface area contributed by atoms with Crippen LogP contribution >= 0.6 is 23.8 Å². The van der Waals surface area contributed by atoms with Gasteiger partial charge in [0, 0.05) is 0 Å². The van der Waals surface area contributed by atoms with Crippen molar-refractivity contribution in [1.82, 2.24) is 15.5 Å². The van der Waals surface area contributed by atoms with Gasteiger partial charge in [0.05, 0.1) is 18.5 Å². The molecule has 4 unspecified atom stereocenters. The summed E-state index contributed by atoms with van der Waals surface area (Å²) in [7, 11) is 0.0861. The molecule has 3 nitrogen and oxygen atoms in total. The van der Waals surface area contributed by atoms with E-state index >= 15 is 0 Å². The summed E-state index contributed by atoms with van der Waals surface area (Å²) in [5, 5.41) is 19.1. The lowest BCUT2D eigenvalue weighted by Gasteiger charge is -2.46. The summed E-state index contributed by atoms with van der Waals surface area (Å²) in [6, 6.07) is 82.9. The van der Waals surface area contributed by atoms with Crippen LogP contribution in [0.5, 0.6) is 0 Å². The Kier molecular flexibility index (Phi) is 18.8. The summed E-state index contributed by atoms with van der Waals surface area (Å²) in [5.41, 5.74) is 3.72. The van der Waals surface area contributed by atoms with Crippen molar-refractivity contribution in [2.24, 2.45) is 0 Å². The van der Waals surface area contributed by atoms with Crippen molar-refractivity contribution < 1.29 is 0 Å². The SMILES string of the molecule is C=C/C=C\CP(c1ccccc1)c1cccc(C2NC(c3cccc(P(c4ccccc4)c4ccccc4)c3)NC(c3cccc(P(c4ccccc4)c4ccccc4)c3)N2C)c1.CC.CC. The van der Waals surface area contributed by atoms with Crippen LogP contribution in [0.4, 0.5) is 0 Å². The molecular weight excluding hydrogens is 868 g/mol. The van der Waals surface area contributed by atoms with E-state index in [1.54, 1.807) is 0 Å². The van der Waals surface area contributed by atoms with Gasteiger partial charge in [-0.3, -0.25) is 15.5 Å². The summed E-state index contributed by atoms with van der Waals surface area (Å²) in [5.74, 6) is 0. The van der Waals surface area contributed by atoms with Crippen LogP contribution in [0, 0.1) is 0 Å². The van der Waals surface area contributed by atoms with Crippen LogP contribution in [-0.2, 0) is 0 Å². The van der Waals surface area contributed by atoms with Gasteiger partial charge >= 0.3 is 0 Å². The molecule has 0 saturated carbocycles. The second-order valence-electron chi connectivity index (χ2n) is 15.6. The summed E-state index contributed by atoms with van der Waals surface area (Å²) in [6.45, 7) is 11.9. The fourth-order valence-electron chi connectivity index (χ4n) is 8.58. The molecule has 0 amide bonds. The molecule has 4 atom stereocenters. The van der Waals surface area contributed by atoms with Gasteiger partial charge in [-0.15, -0.1) is 0 Å². The zero-order valence-electron chi connectivity index (χ0n) is 39.5. The Morgan fingerprint density at radius 2 is 0.746 bits per heavy atom. The Morgan fingerprint density at radius 3 is 1.15 bits per heavy atom. The molecular formula is C61H64N3P3. The fraction of sp³-hybridized carbons (Fsp3) is 0.148. The monoisotopic (exact) mass is 931 g/mol. The average Bonchev–Trinajstić information content (AvgIpc) is 3.41. The first-order chi connectivity index (χ1) is 33.1. The lowest BCUT2D eigenvalue weighted by atomic mass is 10.0. The van der Waals surface area contributed by atoms with E-state index in [9.17, 15) is 0 Å². The molecule has 0 bridgehead atoms. The normalized spacial score (nSPS) is 16.4. The molecule has 1 aliphatic rings. The highest BCUT2D eigenvalue weighted by Crippen LogP contribution is 2.40. The van der Waals surface area contributed by atoms with Crippen molar-refractivity contribution >= 4 is 66.2 Å². The molecule has 1 saturated heterocycles. The number of nitrogens with zero attached hydrogens (tertiary/aromatic N) is 1. The van der Waals surface area contributed by atoms with E-state index in [1.165, 1.54) is 59.1 Å². The van der Waals surface area contributed by atoms with E-state index in [-0.39, 0.29) is 18.5 Å². The molecule has 338 valence electrons. The predicted molar refractivity (Wildman–Crippen MR) is 299 cm³/mol. The Labute approximate surface area is 405 Å². The molecule has 67 heavy (non-hydrogen) atoms. The molecule has 1 aliphatic heterocycles. The molecule has 1 fully saturated rings. The summed E-state index contributed by atoms with van der Waals surface area (Å²) in [6.07, 6.45) is 6.85. The molecule has 8 aromatic rings. The molecule has 9 rings (SSSR count). The minimum atomic E-state index is -0.773. The number of hydrogen-bond acceptors (Lipinski definition) is 3. The van der Waals surface area contributed by atoms with Crippen molar-refractivity contribution in [2.75, 3.05) is 13.2 Å². The van der Waals surface area contributed by atoms with Gasteiger partial charge in [-0.05, 0) is 114 Å². The topological polar surface area (TPSA) is 27.3 Å². The van der Waals surface area contributed by atoms with Crippen molar-refractivity contribution in [3.63, 3.8) is 0 Å². The smallest absolute Gasteiger partial charge is 0.0888 e. The van der Waals surface area contributed by atoms with Crippen LogP contribution in [0.15, 0.2) is 249 Å². The van der Waals surface area contributed by atoms with Crippen LogP contribution in [0.2, 0.25) is 0 Å². The minimum Gasteiger partial charge on any atom is -0.279 e. The Bertz CT molecular complexity index is 2650. The maximum Gasteiger partial charge on any atom is 0.0888 e. The largest absolute Gasteiger partial charge is 0.279 e. The number of rotatable bonds is 14. The lowest BCUT2D eigenvalue weighted by Crippen LogP contribution is -2.55. The van der Waals surface area contributed by atoms with Crippen molar-refractivity contribution in [3.8, 4) is 0 Å². The van der Waals surface area contributed by atoms with Gasteiger partial charge in [-0.2, -0.15) is 0 Å².